The molecule has 1 unspecified atom stereocenters. The van der Waals surface area contributed by atoms with Crippen LogP contribution in [0.4, 0.5) is 0 Å². The molecule has 4 heteroatoms. The van der Waals surface area contributed by atoms with Crippen molar-refractivity contribution in [3.05, 3.63) is 29.8 Å². The molecule has 112 valence electrons. The first-order valence-electron chi connectivity index (χ1n) is 7.25. The molecule has 0 aliphatic rings. The standard InChI is InChI=1S/C16H26N2O2/c1-4-8-14(17)16(19)18(3)11-7-12-20-15-10-6-5-9-13(15)2/h5-6,9-10,14H,4,7-8,11-12,17H2,1-3H3. The average molecular weight is 278 g/mol. The molecular weight excluding hydrogens is 252 g/mol. The van der Waals surface area contributed by atoms with E-state index in [0.29, 0.717) is 13.2 Å². The monoisotopic (exact) mass is 278 g/mol. The summed E-state index contributed by atoms with van der Waals surface area (Å²) < 4.78 is 5.71. The van der Waals surface area contributed by atoms with Crippen LogP contribution in [-0.2, 0) is 4.79 Å². The maximum absolute atomic E-state index is 11.9. The van der Waals surface area contributed by atoms with Gasteiger partial charge < -0.3 is 15.4 Å². The summed E-state index contributed by atoms with van der Waals surface area (Å²) in [5.74, 6) is 0.923. The SMILES string of the molecule is CCCC(N)C(=O)N(C)CCCOc1ccccc1C. The van der Waals surface area contributed by atoms with Crippen molar-refractivity contribution in [1.82, 2.24) is 4.90 Å². The molecule has 1 atom stereocenters. The van der Waals surface area contributed by atoms with Gasteiger partial charge in [0.2, 0.25) is 5.91 Å². The molecule has 0 saturated carbocycles. The van der Waals surface area contributed by atoms with Crippen molar-refractivity contribution in [2.24, 2.45) is 5.73 Å². The lowest BCUT2D eigenvalue weighted by Crippen LogP contribution is -2.42. The van der Waals surface area contributed by atoms with Crippen molar-refractivity contribution in [1.29, 1.82) is 0 Å². The van der Waals surface area contributed by atoms with Crippen molar-refractivity contribution >= 4 is 5.91 Å². The molecule has 0 aliphatic heterocycles. The van der Waals surface area contributed by atoms with E-state index < -0.39 is 0 Å². The highest BCUT2D eigenvalue weighted by Gasteiger charge is 2.16. The zero-order valence-electron chi connectivity index (χ0n) is 12.8. The summed E-state index contributed by atoms with van der Waals surface area (Å²) in [4.78, 5) is 13.6. The minimum Gasteiger partial charge on any atom is -0.493 e. The van der Waals surface area contributed by atoms with Crippen molar-refractivity contribution in [3.63, 3.8) is 0 Å². The first kappa shape index (κ1) is 16.5. The molecule has 0 aliphatic carbocycles. The number of rotatable bonds is 8. The molecule has 0 spiro atoms. The fourth-order valence-electron chi connectivity index (χ4n) is 2.03. The van der Waals surface area contributed by atoms with Gasteiger partial charge in [-0.25, -0.2) is 0 Å². The molecule has 0 heterocycles. The summed E-state index contributed by atoms with van der Waals surface area (Å²) in [6.07, 6.45) is 2.47. The van der Waals surface area contributed by atoms with Crippen molar-refractivity contribution in [3.8, 4) is 5.75 Å². The van der Waals surface area contributed by atoms with Gasteiger partial charge in [0.05, 0.1) is 12.6 Å². The lowest BCUT2D eigenvalue weighted by atomic mass is 10.1. The van der Waals surface area contributed by atoms with Crippen LogP contribution in [-0.4, -0.2) is 37.0 Å². The van der Waals surface area contributed by atoms with E-state index in [1.807, 2.05) is 38.1 Å². The maximum atomic E-state index is 11.9. The summed E-state index contributed by atoms with van der Waals surface area (Å²) in [6, 6.07) is 7.56. The van der Waals surface area contributed by atoms with E-state index in [-0.39, 0.29) is 11.9 Å². The molecular formula is C16H26N2O2. The average Bonchev–Trinajstić information content (AvgIpc) is 2.44. The number of carbonyl (C=O) groups excluding carboxylic acids is 1. The van der Waals surface area contributed by atoms with Gasteiger partial charge in [0.15, 0.2) is 0 Å². The molecule has 0 radical (unpaired) electrons. The molecule has 1 aromatic carbocycles. The van der Waals surface area contributed by atoms with Crippen LogP contribution in [0.3, 0.4) is 0 Å². The van der Waals surface area contributed by atoms with E-state index in [0.717, 1.165) is 30.6 Å². The van der Waals surface area contributed by atoms with Crippen LogP contribution in [0.15, 0.2) is 24.3 Å². The predicted octanol–water partition coefficient (Wildman–Crippen LogP) is 2.35. The first-order valence-corrected chi connectivity index (χ1v) is 7.25. The molecule has 2 N–H and O–H groups in total. The number of aryl methyl sites for hydroxylation is 1. The van der Waals surface area contributed by atoms with Crippen LogP contribution < -0.4 is 10.5 Å². The second-order valence-electron chi connectivity index (χ2n) is 5.12. The van der Waals surface area contributed by atoms with Crippen LogP contribution >= 0.6 is 0 Å². The molecule has 0 saturated heterocycles. The number of amides is 1. The van der Waals surface area contributed by atoms with Gasteiger partial charge >= 0.3 is 0 Å². The van der Waals surface area contributed by atoms with Gasteiger partial charge in [-0.2, -0.15) is 0 Å². The Labute approximate surface area is 121 Å². The molecule has 20 heavy (non-hydrogen) atoms. The molecule has 0 aromatic heterocycles. The van der Waals surface area contributed by atoms with Crippen molar-refractivity contribution < 1.29 is 9.53 Å². The third kappa shape index (κ3) is 5.21. The highest BCUT2D eigenvalue weighted by molar-refractivity contribution is 5.81. The van der Waals surface area contributed by atoms with Crippen LogP contribution in [0.2, 0.25) is 0 Å². The molecule has 1 rings (SSSR count). The minimum atomic E-state index is -0.373. The van der Waals surface area contributed by atoms with Gasteiger partial charge in [-0.1, -0.05) is 31.5 Å². The second kappa shape index (κ2) is 8.59. The zero-order chi connectivity index (χ0) is 15.0. The largest absolute Gasteiger partial charge is 0.493 e. The quantitative estimate of drug-likeness (QED) is 0.743. The minimum absolute atomic E-state index is 0.0164. The number of hydrogen-bond donors (Lipinski definition) is 1. The Hall–Kier alpha value is -1.55. The molecule has 0 fully saturated rings. The first-order chi connectivity index (χ1) is 9.56. The lowest BCUT2D eigenvalue weighted by Gasteiger charge is -2.21. The Balaban J connectivity index is 2.27. The lowest BCUT2D eigenvalue weighted by molar-refractivity contribution is -0.131. The third-order valence-corrected chi connectivity index (χ3v) is 3.28. The Morgan fingerprint density at radius 1 is 1.40 bits per heavy atom. The maximum Gasteiger partial charge on any atom is 0.239 e. The van der Waals surface area contributed by atoms with Gasteiger partial charge in [0.25, 0.3) is 0 Å². The summed E-state index contributed by atoms with van der Waals surface area (Å²) >= 11 is 0. The molecule has 4 nitrogen and oxygen atoms in total. The summed E-state index contributed by atoms with van der Waals surface area (Å²) in [6.45, 7) is 5.32. The highest BCUT2D eigenvalue weighted by atomic mass is 16.5. The van der Waals surface area contributed by atoms with Gasteiger partial charge in [0.1, 0.15) is 5.75 Å². The fourth-order valence-corrected chi connectivity index (χ4v) is 2.03. The summed E-state index contributed by atoms with van der Waals surface area (Å²) in [5.41, 5.74) is 6.95. The Morgan fingerprint density at radius 3 is 2.75 bits per heavy atom. The van der Waals surface area contributed by atoms with Crippen LogP contribution in [0.5, 0.6) is 5.75 Å². The van der Waals surface area contributed by atoms with E-state index >= 15 is 0 Å². The molecule has 0 bridgehead atoms. The number of benzene rings is 1. The normalized spacial score (nSPS) is 12.0. The summed E-state index contributed by atoms with van der Waals surface area (Å²) in [5, 5.41) is 0. The van der Waals surface area contributed by atoms with Crippen LogP contribution in [0.25, 0.3) is 0 Å². The number of ether oxygens (including phenoxy) is 1. The zero-order valence-corrected chi connectivity index (χ0v) is 12.8. The van der Waals surface area contributed by atoms with E-state index in [9.17, 15) is 4.79 Å². The van der Waals surface area contributed by atoms with Gasteiger partial charge in [-0.15, -0.1) is 0 Å². The topological polar surface area (TPSA) is 55.6 Å². The van der Waals surface area contributed by atoms with E-state index in [1.165, 1.54) is 0 Å². The van der Waals surface area contributed by atoms with E-state index in [2.05, 4.69) is 0 Å². The Bertz CT molecular complexity index is 421. The fraction of sp³-hybridized carbons (Fsp3) is 0.562. The van der Waals surface area contributed by atoms with Gasteiger partial charge in [0, 0.05) is 13.6 Å². The highest BCUT2D eigenvalue weighted by Crippen LogP contribution is 2.16. The number of nitrogens with zero attached hydrogens (tertiary/aromatic N) is 1. The van der Waals surface area contributed by atoms with Crippen LogP contribution in [0, 0.1) is 6.92 Å². The number of hydrogen-bond acceptors (Lipinski definition) is 3. The molecule has 1 aromatic rings. The summed E-state index contributed by atoms with van der Waals surface area (Å²) in [7, 11) is 1.80. The second-order valence-corrected chi connectivity index (χ2v) is 5.12. The Kier molecular flexibility index (Phi) is 7.09. The van der Waals surface area contributed by atoms with Crippen molar-refractivity contribution in [2.75, 3.05) is 20.2 Å². The number of likely N-dealkylation sites (N-methyl/N-ethyl adjacent to an activating group) is 1. The smallest absolute Gasteiger partial charge is 0.239 e. The van der Waals surface area contributed by atoms with E-state index in [1.54, 1.807) is 11.9 Å². The number of para-hydroxylation sites is 1. The van der Waals surface area contributed by atoms with Crippen molar-refractivity contribution in [2.45, 2.75) is 39.2 Å². The molecule has 1 amide bonds. The van der Waals surface area contributed by atoms with Gasteiger partial charge in [-0.05, 0) is 31.4 Å². The number of nitrogens with two attached hydrogens (primary N) is 1. The predicted molar refractivity (Wildman–Crippen MR) is 81.8 cm³/mol. The number of carbonyl (C=O) groups is 1. The third-order valence-electron chi connectivity index (χ3n) is 3.28. The van der Waals surface area contributed by atoms with E-state index in [4.69, 9.17) is 10.5 Å². The Morgan fingerprint density at radius 2 is 2.10 bits per heavy atom. The van der Waals surface area contributed by atoms with Gasteiger partial charge in [-0.3, -0.25) is 4.79 Å². The van der Waals surface area contributed by atoms with Crippen LogP contribution in [0.1, 0.15) is 31.7 Å².